The van der Waals surface area contributed by atoms with Gasteiger partial charge in [0, 0.05) is 24.0 Å². The highest BCUT2D eigenvalue weighted by Crippen LogP contribution is 2.12. The van der Waals surface area contributed by atoms with Gasteiger partial charge in [0.05, 0.1) is 0 Å². The second-order valence-corrected chi connectivity index (χ2v) is 4.62. The van der Waals surface area contributed by atoms with Gasteiger partial charge < -0.3 is 9.88 Å². The van der Waals surface area contributed by atoms with Crippen LogP contribution in [-0.4, -0.2) is 15.5 Å². The van der Waals surface area contributed by atoms with Crippen LogP contribution < -0.4 is 5.32 Å². The fourth-order valence-electron chi connectivity index (χ4n) is 1.84. The summed E-state index contributed by atoms with van der Waals surface area (Å²) in [5.41, 5.74) is 0.581. The Balaban J connectivity index is 2.01. The van der Waals surface area contributed by atoms with Gasteiger partial charge in [-0.1, -0.05) is 13.8 Å². The van der Waals surface area contributed by atoms with Crippen molar-refractivity contribution in [2.45, 2.75) is 26.3 Å². The summed E-state index contributed by atoms with van der Waals surface area (Å²) in [7, 11) is 0. The number of nitrogens with zero attached hydrogens (tertiary/aromatic N) is 2. The predicted molar refractivity (Wildman–Crippen MR) is 71.3 cm³/mol. The number of benzene rings is 1. The third-order valence-corrected chi connectivity index (χ3v) is 2.71. The number of halogens is 1. The molecule has 0 aliphatic rings. The van der Waals surface area contributed by atoms with Crippen LogP contribution >= 0.6 is 0 Å². The minimum Gasteiger partial charge on any atom is -0.325 e. The van der Waals surface area contributed by atoms with Crippen molar-refractivity contribution in [1.82, 2.24) is 9.55 Å². The van der Waals surface area contributed by atoms with Crippen LogP contribution in [0.15, 0.2) is 36.7 Å². The quantitative estimate of drug-likeness (QED) is 0.920. The van der Waals surface area contributed by atoms with Crippen LogP contribution in [0.2, 0.25) is 0 Å². The molecule has 0 atom stereocenters. The summed E-state index contributed by atoms with van der Waals surface area (Å²) in [6.45, 7) is 4.25. The minimum absolute atomic E-state index is 0.161. The van der Waals surface area contributed by atoms with Crippen molar-refractivity contribution in [3.05, 3.63) is 48.3 Å². The lowest BCUT2D eigenvalue weighted by Gasteiger charge is -2.10. The van der Waals surface area contributed by atoms with Crippen LogP contribution in [0.3, 0.4) is 0 Å². The van der Waals surface area contributed by atoms with E-state index in [9.17, 15) is 9.18 Å². The standard InChI is InChI=1S/C14H16FN3O/c1-10(2)14-16-7-8-18(14)9-13(19)17-12-5-3-11(15)4-6-12/h3-8,10H,9H2,1-2H3,(H,17,19). The Hall–Kier alpha value is -2.17. The van der Waals surface area contributed by atoms with Crippen LogP contribution in [0, 0.1) is 5.82 Å². The Morgan fingerprint density at radius 2 is 2.05 bits per heavy atom. The Kier molecular flexibility index (Phi) is 3.94. The number of nitrogens with one attached hydrogen (secondary N) is 1. The molecule has 2 aromatic rings. The topological polar surface area (TPSA) is 46.9 Å². The summed E-state index contributed by atoms with van der Waals surface area (Å²) in [5, 5.41) is 2.72. The van der Waals surface area contributed by atoms with Crippen LogP contribution in [0.1, 0.15) is 25.6 Å². The summed E-state index contributed by atoms with van der Waals surface area (Å²) < 4.78 is 14.6. The first-order valence-corrected chi connectivity index (χ1v) is 6.12. The number of amides is 1. The van der Waals surface area contributed by atoms with E-state index < -0.39 is 0 Å². The molecule has 0 aliphatic heterocycles. The lowest BCUT2D eigenvalue weighted by atomic mass is 10.2. The average Bonchev–Trinajstić information content (AvgIpc) is 2.80. The molecule has 0 radical (unpaired) electrons. The number of anilines is 1. The van der Waals surface area contributed by atoms with E-state index in [0.29, 0.717) is 5.69 Å². The molecule has 0 saturated heterocycles. The van der Waals surface area contributed by atoms with Crippen molar-refractivity contribution in [3.8, 4) is 0 Å². The smallest absolute Gasteiger partial charge is 0.244 e. The molecule has 1 N–H and O–H groups in total. The minimum atomic E-state index is -0.324. The number of aromatic nitrogens is 2. The Labute approximate surface area is 111 Å². The van der Waals surface area contributed by atoms with Gasteiger partial charge in [-0.25, -0.2) is 9.37 Å². The Morgan fingerprint density at radius 3 is 2.68 bits per heavy atom. The first kappa shape index (κ1) is 13.3. The molecular formula is C14H16FN3O. The van der Waals surface area contributed by atoms with Crippen LogP contribution in [0.5, 0.6) is 0 Å². The van der Waals surface area contributed by atoms with Gasteiger partial charge >= 0.3 is 0 Å². The molecule has 100 valence electrons. The van der Waals surface area contributed by atoms with E-state index in [1.165, 1.54) is 24.3 Å². The van der Waals surface area contributed by atoms with E-state index in [1.807, 2.05) is 18.4 Å². The number of carbonyl (C=O) groups is 1. The molecule has 0 saturated carbocycles. The van der Waals surface area contributed by atoms with E-state index in [0.717, 1.165) is 5.82 Å². The Bertz CT molecular complexity index is 560. The van der Waals surface area contributed by atoms with Gasteiger partial charge in [0.25, 0.3) is 0 Å². The molecule has 0 spiro atoms. The lowest BCUT2D eigenvalue weighted by molar-refractivity contribution is -0.116. The zero-order valence-corrected chi connectivity index (χ0v) is 10.9. The number of carbonyl (C=O) groups excluding carboxylic acids is 1. The number of imidazole rings is 1. The molecule has 5 heteroatoms. The highest BCUT2D eigenvalue weighted by molar-refractivity contribution is 5.90. The summed E-state index contributed by atoms with van der Waals surface area (Å²) >= 11 is 0. The van der Waals surface area contributed by atoms with Crippen LogP contribution in [0.25, 0.3) is 0 Å². The molecule has 2 rings (SSSR count). The third-order valence-electron chi connectivity index (χ3n) is 2.71. The number of rotatable bonds is 4. The summed E-state index contributed by atoms with van der Waals surface area (Å²) in [5.74, 6) is 0.643. The molecule has 1 amide bonds. The average molecular weight is 261 g/mol. The first-order chi connectivity index (χ1) is 9.06. The molecule has 19 heavy (non-hydrogen) atoms. The summed E-state index contributed by atoms with van der Waals surface area (Å²) in [6, 6.07) is 5.69. The second-order valence-electron chi connectivity index (χ2n) is 4.62. The monoisotopic (exact) mass is 261 g/mol. The summed E-state index contributed by atoms with van der Waals surface area (Å²) in [4.78, 5) is 16.1. The number of hydrogen-bond acceptors (Lipinski definition) is 2. The normalized spacial score (nSPS) is 10.7. The maximum absolute atomic E-state index is 12.7. The van der Waals surface area contributed by atoms with Crippen molar-refractivity contribution in [2.24, 2.45) is 0 Å². The van der Waals surface area contributed by atoms with E-state index in [-0.39, 0.29) is 24.2 Å². The molecule has 1 heterocycles. The SMILES string of the molecule is CC(C)c1nccn1CC(=O)Nc1ccc(F)cc1. The van der Waals surface area contributed by atoms with Gasteiger partial charge in [0.1, 0.15) is 18.2 Å². The second kappa shape index (κ2) is 5.65. The van der Waals surface area contributed by atoms with Gasteiger partial charge in [0.15, 0.2) is 0 Å². The largest absolute Gasteiger partial charge is 0.325 e. The van der Waals surface area contributed by atoms with E-state index >= 15 is 0 Å². The highest BCUT2D eigenvalue weighted by atomic mass is 19.1. The fraction of sp³-hybridized carbons (Fsp3) is 0.286. The Morgan fingerprint density at radius 1 is 1.37 bits per heavy atom. The van der Waals surface area contributed by atoms with E-state index in [4.69, 9.17) is 0 Å². The van der Waals surface area contributed by atoms with Crippen molar-refractivity contribution < 1.29 is 9.18 Å². The lowest BCUT2D eigenvalue weighted by Crippen LogP contribution is -2.20. The van der Waals surface area contributed by atoms with E-state index in [1.54, 1.807) is 12.4 Å². The first-order valence-electron chi connectivity index (χ1n) is 6.12. The molecule has 1 aromatic heterocycles. The van der Waals surface area contributed by atoms with Gasteiger partial charge in [-0.05, 0) is 24.3 Å². The molecule has 0 bridgehead atoms. The molecular weight excluding hydrogens is 245 g/mol. The maximum atomic E-state index is 12.7. The van der Waals surface area contributed by atoms with Gasteiger partial charge in [-0.3, -0.25) is 4.79 Å². The fourth-order valence-corrected chi connectivity index (χ4v) is 1.84. The van der Waals surface area contributed by atoms with Crippen molar-refractivity contribution in [3.63, 3.8) is 0 Å². The van der Waals surface area contributed by atoms with Gasteiger partial charge in [0.2, 0.25) is 5.91 Å². The number of hydrogen-bond donors (Lipinski definition) is 1. The highest BCUT2D eigenvalue weighted by Gasteiger charge is 2.10. The van der Waals surface area contributed by atoms with Gasteiger partial charge in [-0.2, -0.15) is 0 Å². The summed E-state index contributed by atoms with van der Waals surface area (Å²) in [6.07, 6.45) is 3.46. The predicted octanol–water partition coefficient (Wildman–Crippen LogP) is 2.78. The van der Waals surface area contributed by atoms with Crippen molar-refractivity contribution in [1.29, 1.82) is 0 Å². The zero-order chi connectivity index (χ0) is 13.8. The van der Waals surface area contributed by atoms with Crippen molar-refractivity contribution in [2.75, 3.05) is 5.32 Å². The van der Waals surface area contributed by atoms with Crippen molar-refractivity contribution >= 4 is 11.6 Å². The molecule has 0 aliphatic carbocycles. The molecule has 1 aromatic carbocycles. The third kappa shape index (κ3) is 3.40. The molecule has 0 unspecified atom stereocenters. The maximum Gasteiger partial charge on any atom is 0.244 e. The van der Waals surface area contributed by atoms with Crippen LogP contribution in [0.4, 0.5) is 10.1 Å². The van der Waals surface area contributed by atoms with Gasteiger partial charge in [-0.15, -0.1) is 0 Å². The van der Waals surface area contributed by atoms with Crippen LogP contribution in [-0.2, 0) is 11.3 Å². The molecule has 4 nitrogen and oxygen atoms in total. The van der Waals surface area contributed by atoms with E-state index in [2.05, 4.69) is 10.3 Å². The zero-order valence-electron chi connectivity index (χ0n) is 10.9. The molecule has 0 fully saturated rings.